The Labute approximate surface area is 74.4 Å². The van der Waals surface area contributed by atoms with E-state index in [1.807, 2.05) is 36.4 Å². The number of hydrogen-bond donors (Lipinski definition) is 0. The van der Waals surface area contributed by atoms with E-state index in [9.17, 15) is 0 Å². The molecule has 9 heavy (non-hydrogen) atoms. The third kappa shape index (κ3) is 2.75. The third-order valence-corrected chi connectivity index (χ3v) is 1.04. The molecule has 0 spiro atoms. The molecule has 46 valence electrons. The van der Waals surface area contributed by atoms with Gasteiger partial charge in [-0.2, -0.15) is 0 Å². The first-order valence-electron chi connectivity index (χ1n) is 2.61. The van der Waals surface area contributed by atoms with Crippen molar-refractivity contribution < 1.29 is 0 Å². The average molecular weight is 222 g/mol. The van der Waals surface area contributed by atoms with E-state index < -0.39 is 0 Å². The van der Waals surface area contributed by atoms with Gasteiger partial charge in [-0.1, -0.05) is 43.0 Å². The summed E-state index contributed by atoms with van der Waals surface area (Å²) in [6.07, 6.45) is 1.83. The second-order valence-corrected chi connectivity index (χ2v) is 1.61. The van der Waals surface area contributed by atoms with E-state index in [4.69, 9.17) is 0 Å². The van der Waals surface area contributed by atoms with E-state index in [2.05, 4.69) is 6.58 Å². The number of benzene rings is 1. The van der Waals surface area contributed by atoms with Crippen LogP contribution >= 0.6 is 0 Å². The standard InChI is InChI=1S/C8H8.In.3H/c1-2-8-6-4-3-5-7-8;;;;/h2-7H,1H2;;;;. The van der Waals surface area contributed by atoms with Gasteiger partial charge >= 0.3 is 25.8 Å². The van der Waals surface area contributed by atoms with Crippen LogP contribution in [0.1, 0.15) is 5.56 Å². The maximum absolute atomic E-state index is 3.63. The molecule has 0 nitrogen and oxygen atoms in total. The summed E-state index contributed by atoms with van der Waals surface area (Å²) in [7, 11) is 0. The van der Waals surface area contributed by atoms with Crippen molar-refractivity contribution >= 4 is 31.9 Å². The molecule has 1 rings (SSSR count). The zero-order valence-electron chi connectivity index (χ0n) is 4.67. The minimum atomic E-state index is 0. The first-order valence-corrected chi connectivity index (χ1v) is 2.61. The summed E-state index contributed by atoms with van der Waals surface area (Å²) in [5.74, 6) is 0. The van der Waals surface area contributed by atoms with E-state index in [1.54, 1.807) is 0 Å². The third-order valence-electron chi connectivity index (χ3n) is 1.04. The van der Waals surface area contributed by atoms with Crippen molar-refractivity contribution in [2.45, 2.75) is 0 Å². The second-order valence-electron chi connectivity index (χ2n) is 1.61. The van der Waals surface area contributed by atoms with Gasteiger partial charge in [0.1, 0.15) is 0 Å². The van der Waals surface area contributed by atoms with Gasteiger partial charge in [0.2, 0.25) is 0 Å². The van der Waals surface area contributed by atoms with Crippen molar-refractivity contribution in [1.29, 1.82) is 0 Å². The number of rotatable bonds is 1. The Morgan fingerprint density at radius 1 is 1.11 bits per heavy atom. The zero-order chi connectivity index (χ0) is 5.82. The Morgan fingerprint density at radius 2 is 1.67 bits per heavy atom. The van der Waals surface area contributed by atoms with Gasteiger partial charge in [-0.15, -0.1) is 0 Å². The van der Waals surface area contributed by atoms with Crippen LogP contribution in [-0.2, 0) is 0 Å². The van der Waals surface area contributed by atoms with Gasteiger partial charge in [0.05, 0.1) is 0 Å². The first kappa shape index (κ1) is 8.83. The molecule has 0 aliphatic carbocycles. The van der Waals surface area contributed by atoms with Crippen LogP contribution in [0.3, 0.4) is 0 Å². The van der Waals surface area contributed by atoms with Gasteiger partial charge in [0, 0.05) is 0 Å². The van der Waals surface area contributed by atoms with Crippen molar-refractivity contribution in [3.8, 4) is 0 Å². The molecule has 0 bridgehead atoms. The molecule has 0 saturated heterocycles. The van der Waals surface area contributed by atoms with Crippen LogP contribution in [0.5, 0.6) is 0 Å². The predicted molar refractivity (Wildman–Crippen MR) is 46.5 cm³/mol. The van der Waals surface area contributed by atoms with Crippen LogP contribution in [0.25, 0.3) is 6.08 Å². The van der Waals surface area contributed by atoms with Crippen LogP contribution in [0.4, 0.5) is 0 Å². The molecule has 0 unspecified atom stereocenters. The molecule has 0 aromatic heterocycles. The number of hydrogen-bond acceptors (Lipinski definition) is 0. The monoisotopic (exact) mass is 222 g/mol. The summed E-state index contributed by atoms with van der Waals surface area (Å²) in [5.41, 5.74) is 1.17. The van der Waals surface area contributed by atoms with Gasteiger partial charge in [-0.3, -0.25) is 0 Å². The van der Waals surface area contributed by atoms with Gasteiger partial charge in [-0.05, 0) is 5.56 Å². The van der Waals surface area contributed by atoms with E-state index in [1.165, 1.54) is 5.56 Å². The fourth-order valence-electron chi connectivity index (χ4n) is 0.589. The molecule has 0 aliphatic rings. The second kappa shape index (κ2) is 4.68. The first-order chi connectivity index (χ1) is 3.93. The Hall–Kier alpha value is -0.170. The Bertz CT molecular complexity index is 167. The van der Waals surface area contributed by atoms with Crippen LogP contribution < -0.4 is 0 Å². The Balaban J connectivity index is 0.000000640. The Kier molecular flexibility index (Phi) is 4.60. The molecule has 1 heteroatoms. The van der Waals surface area contributed by atoms with Crippen molar-refractivity contribution in [2.75, 3.05) is 0 Å². The van der Waals surface area contributed by atoms with E-state index in [0.29, 0.717) is 0 Å². The fourth-order valence-corrected chi connectivity index (χ4v) is 0.589. The molecule has 0 fully saturated rings. The van der Waals surface area contributed by atoms with Crippen LogP contribution in [-0.4, -0.2) is 25.8 Å². The van der Waals surface area contributed by atoms with E-state index in [-0.39, 0.29) is 25.8 Å². The summed E-state index contributed by atoms with van der Waals surface area (Å²) < 4.78 is 0. The summed E-state index contributed by atoms with van der Waals surface area (Å²) in [5, 5.41) is 0. The molecule has 1 aromatic carbocycles. The van der Waals surface area contributed by atoms with Crippen LogP contribution in [0, 0.1) is 0 Å². The van der Waals surface area contributed by atoms with Gasteiger partial charge in [0.15, 0.2) is 0 Å². The van der Waals surface area contributed by atoms with Crippen LogP contribution in [0.2, 0.25) is 0 Å². The molecule has 0 saturated carbocycles. The molecule has 0 aliphatic heterocycles. The van der Waals surface area contributed by atoms with Gasteiger partial charge < -0.3 is 0 Å². The van der Waals surface area contributed by atoms with Gasteiger partial charge in [0.25, 0.3) is 0 Å². The molecule has 0 radical (unpaired) electrons. The van der Waals surface area contributed by atoms with E-state index >= 15 is 0 Å². The molecule has 1 aromatic rings. The summed E-state index contributed by atoms with van der Waals surface area (Å²) in [6.45, 7) is 3.63. The SMILES string of the molecule is C=Cc1ccccc1.[InH3]. The molecule has 0 atom stereocenters. The quantitative estimate of drug-likeness (QED) is 0.668. The molecular weight excluding hydrogens is 211 g/mol. The topological polar surface area (TPSA) is 0 Å². The van der Waals surface area contributed by atoms with Crippen molar-refractivity contribution in [1.82, 2.24) is 0 Å². The normalized spacial score (nSPS) is 7.56. The fraction of sp³-hybridized carbons (Fsp3) is 0. The zero-order valence-corrected chi connectivity index (χ0v) is 4.67. The van der Waals surface area contributed by atoms with Gasteiger partial charge in [-0.25, -0.2) is 0 Å². The van der Waals surface area contributed by atoms with Crippen molar-refractivity contribution in [2.24, 2.45) is 0 Å². The molecule has 0 amide bonds. The summed E-state index contributed by atoms with van der Waals surface area (Å²) in [6, 6.07) is 10.0. The summed E-state index contributed by atoms with van der Waals surface area (Å²) >= 11 is 0. The van der Waals surface area contributed by atoms with E-state index in [0.717, 1.165) is 0 Å². The average Bonchev–Trinajstić information content (AvgIpc) is 1.90. The minimum absolute atomic E-state index is 0. The Morgan fingerprint density at radius 3 is 2.00 bits per heavy atom. The van der Waals surface area contributed by atoms with Crippen molar-refractivity contribution in [3.05, 3.63) is 42.5 Å². The summed E-state index contributed by atoms with van der Waals surface area (Å²) in [4.78, 5) is 0. The molecule has 0 N–H and O–H groups in total. The predicted octanol–water partition coefficient (Wildman–Crippen LogP) is 1.15. The van der Waals surface area contributed by atoms with Crippen molar-refractivity contribution in [3.63, 3.8) is 0 Å². The molecular formula is C8H11In. The van der Waals surface area contributed by atoms with Crippen LogP contribution in [0.15, 0.2) is 36.9 Å². The maximum atomic E-state index is 3.63. The molecule has 0 heterocycles.